The van der Waals surface area contributed by atoms with Crippen LogP contribution in [0.4, 0.5) is 23.8 Å². The number of rotatable bonds is 8. The molecule has 1 amide bonds. The monoisotopic (exact) mass is 456 g/mol. The number of anilines is 1. The maximum absolute atomic E-state index is 12.7. The molecule has 0 aliphatic rings. The zero-order valence-corrected chi connectivity index (χ0v) is 17.2. The molecule has 0 unspecified atom stereocenters. The lowest BCUT2D eigenvalue weighted by molar-refractivity contribution is -0.119. The van der Waals surface area contributed by atoms with Gasteiger partial charge < -0.3 is 24.1 Å². The highest BCUT2D eigenvalue weighted by Crippen LogP contribution is 2.38. The zero-order valence-electron chi connectivity index (χ0n) is 17.2. The summed E-state index contributed by atoms with van der Waals surface area (Å²) in [5.74, 6) is 1.01. The lowest BCUT2D eigenvalue weighted by atomic mass is 10.2. The number of alkyl halides is 3. The van der Waals surface area contributed by atoms with Gasteiger partial charge in [-0.2, -0.15) is 13.2 Å². The van der Waals surface area contributed by atoms with Crippen LogP contribution in [0.5, 0.6) is 23.1 Å². The van der Waals surface area contributed by atoms with Crippen LogP contribution in [0, 0.1) is 0 Å². The Morgan fingerprint density at radius 2 is 1.78 bits per heavy atom. The van der Waals surface area contributed by atoms with Crippen LogP contribution >= 0.6 is 0 Å². The van der Waals surface area contributed by atoms with E-state index in [1.54, 1.807) is 12.1 Å². The van der Waals surface area contributed by atoms with Crippen LogP contribution in [0.25, 0.3) is 5.65 Å². The van der Waals surface area contributed by atoms with Gasteiger partial charge in [0.2, 0.25) is 11.6 Å². The minimum absolute atomic E-state index is 0.0616. The van der Waals surface area contributed by atoms with Gasteiger partial charge >= 0.3 is 12.3 Å². The minimum atomic E-state index is -4.73. The highest BCUT2D eigenvalue weighted by molar-refractivity contribution is 5.85. The summed E-state index contributed by atoms with van der Waals surface area (Å²) in [4.78, 5) is 15.2. The summed E-state index contributed by atoms with van der Waals surface area (Å²) in [6.45, 7) is -1.64. The SMILES string of the molecule is COc1cc(COc2ccc3nc(N(CC(F)(F)F)C(=O)O)cn3n2)cc(OC)c1OC. The molecule has 1 aromatic carbocycles. The molecule has 0 aliphatic carbocycles. The van der Waals surface area contributed by atoms with Crippen molar-refractivity contribution in [2.45, 2.75) is 12.8 Å². The van der Waals surface area contributed by atoms with Crippen molar-refractivity contribution in [1.29, 1.82) is 0 Å². The molecular weight excluding hydrogens is 437 g/mol. The number of fused-ring (bicyclic) bond motifs is 1. The van der Waals surface area contributed by atoms with Gasteiger partial charge in [-0.1, -0.05) is 0 Å². The summed E-state index contributed by atoms with van der Waals surface area (Å²) in [6.07, 6.45) is -5.44. The lowest BCUT2D eigenvalue weighted by Crippen LogP contribution is -2.38. The third-order valence-electron chi connectivity index (χ3n) is 4.24. The Labute approximate surface area is 179 Å². The van der Waals surface area contributed by atoms with Crippen molar-refractivity contribution in [3.8, 4) is 23.1 Å². The largest absolute Gasteiger partial charge is 0.493 e. The van der Waals surface area contributed by atoms with Gasteiger partial charge in [-0.25, -0.2) is 14.3 Å². The number of aromatic nitrogens is 3. The number of ether oxygens (including phenoxy) is 4. The van der Waals surface area contributed by atoms with Gasteiger partial charge in [0.25, 0.3) is 0 Å². The van der Waals surface area contributed by atoms with Crippen LogP contribution in [0.3, 0.4) is 0 Å². The normalized spacial score (nSPS) is 11.3. The van der Waals surface area contributed by atoms with Crippen molar-refractivity contribution in [3.05, 3.63) is 36.0 Å². The second-order valence-corrected chi connectivity index (χ2v) is 6.38. The summed E-state index contributed by atoms with van der Waals surface area (Å²) in [7, 11) is 4.44. The number of halogens is 3. The molecule has 0 bridgehead atoms. The summed E-state index contributed by atoms with van der Waals surface area (Å²) in [5, 5.41) is 13.2. The molecule has 172 valence electrons. The molecule has 0 atom stereocenters. The maximum Gasteiger partial charge on any atom is 0.413 e. The Balaban J connectivity index is 1.82. The minimum Gasteiger partial charge on any atom is -0.493 e. The number of carboxylic acid groups (broad SMARTS) is 1. The van der Waals surface area contributed by atoms with Gasteiger partial charge in [0.15, 0.2) is 23.0 Å². The number of amides is 1. The van der Waals surface area contributed by atoms with Crippen molar-refractivity contribution >= 4 is 17.6 Å². The molecule has 0 saturated heterocycles. The molecule has 10 nitrogen and oxygen atoms in total. The molecule has 2 heterocycles. The van der Waals surface area contributed by atoms with Crippen molar-refractivity contribution in [2.75, 3.05) is 32.8 Å². The fourth-order valence-corrected chi connectivity index (χ4v) is 2.86. The smallest absolute Gasteiger partial charge is 0.413 e. The van der Waals surface area contributed by atoms with Gasteiger partial charge in [0, 0.05) is 6.07 Å². The third-order valence-corrected chi connectivity index (χ3v) is 4.24. The number of benzene rings is 1. The van der Waals surface area contributed by atoms with E-state index in [0.29, 0.717) is 22.8 Å². The molecule has 3 rings (SSSR count). The molecule has 0 spiro atoms. The third kappa shape index (κ3) is 5.04. The number of carbonyl (C=O) groups is 1. The first-order valence-electron chi connectivity index (χ1n) is 9.00. The molecular formula is C19H19F3N4O6. The molecule has 32 heavy (non-hydrogen) atoms. The van der Waals surface area contributed by atoms with E-state index >= 15 is 0 Å². The van der Waals surface area contributed by atoms with Crippen LogP contribution in [0.1, 0.15) is 5.56 Å². The van der Waals surface area contributed by atoms with E-state index in [4.69, 9.17) is 24.1 Å². The molecule has 13 heteroatoms. The fraction of sp³-hybridized carbons (Fsp3) is 0.316. The number of methoxy groups -OCH3 is 3. The predicted octanol–water partition coefficient (Wildman–Crippen LogP) is 3.38. The van der Waals surface area contributed by atoms with E-state index < -0.39 is 24.6 Å². The Bertz CT molecular complexity index is 1090. The van der Waals surface area contributed by atoms with Crippen LogP contribution < -0.4 is 23.8 Å². The predicted molar refractivity (Wildman–Crippen MR) is 105 cm³/mol. The molecule has 0 saturated carbocycles. The molecule has 2 aromatic heterocycles. The van der Waals surface area contributed by atoms with E-state index in [2.05, 4.69) is 10.1 Å². The average Bonchev–Trinajstić information content (AvgIpc) is 3.17. The summed E-state index contributed by atoms with van der Waals surface area (Å²) >= 11 is 0. The van der Waals surface area contributed by atoms with Crippen molar-refractivity contribution < 1.29 is 42.0 Å². The zero-order chi connectivity index (χ0) is 23.5. The van der Waals surface area contributed by atoms with Crippen LogP contribution in [0.15, 0.2) is 30.5 Å². The van der Waals surface area contributed by atoms with E-state index in [1.165, 1.54) is 33.5 Å². The molecule has 3 aromatic rings. The Morgan fingerprint density at radius 1 is 1.12 bits per heavy atom. The maximum atomic E-state index is 12.7. The van der Waals surface area contributed by atoms with Crippen molar-refractivity contribution in [2.24, 2.45) is 0 Å². The summed E-state index contributed by atoms with van der Waals surface area (Å²) in [5.41, 5.74) is 0.823. The Hall–Kier alpha value is -3.90. The Kier molecular flexibility index (Phi) is 6.46. The average molecular weight is 456 g/mol. The highest BCUT2D eigenvalue weighted by atomic mass is 19.4. The summed E-state index contributed by atoms with van der Waals surface area (Å²) < 4.78 is 60.7. The standard InChI is InChI=1S/C19H19F3N4O6/c1-29-12-6-11(7-13(30-2)17(12)31-3)9-32-16-5-4-14-23-15(8-26(14)24-16)25(18(27)28)10-19(20,21)22/h4-8H,9-10H2,1-3H3,(H,27,28). The first-order chi connectivity index (χ1) is 15.1. The van der Waals surface area contributed by atoms with Gasteiger partial charge in [-0.05, 0) is 23.8 Å². The number of imidazole rings is 1. The van der Waals surface area contributed by atoms with E-state index in [9.17, 15) is 18.0 Å². The Morgan fingerprint density at radius 3 is 2.31 bits per heavy atom. The first kappa shape index (κ1) is 22.8. The fourth-order valence-electron chi connectivity index (χ4n) is 2.86. The van der Waals surface area contributed by atoms with E-state index in [-0.39, 0.29) is 23.0 Å². The quantitative estimate of drug-likeness (QED) is 0.550. The van der Waals surface area contributed by atoms with Crippen molar-refractivity contribution in [1.82, 2.24) is 14.6 Å². The molecule has 0 aliphatic heterocycles. The second kappa shape index (κ2) is 9.08. The number of hydrogen-bond acceptors (Lipinski definition) is 7. The first-order valence-corrected chi connectivity index (χ1v) is 9.00. The van der Waals surface area contributed by atoms with Crippen molar-refractivity contribution in [3.63, 3.8) is 0 Å². The molecule has 1 N–H and O–H groups in total. The van der Waals surface area contributed by atoms with Gasteiger partial charge in [0.05, 0.1) is 27.5 Å². The topological polar surface area (TPSA) is 108 Å². The van der Waals surface area contributed by atoms with E-state index in [1.807, 2.05) is 0 Å². The van der Waals surface area contributed by atoms with Crippen LogP contribution in [0.2, 0.25) is 0 Å². The van der Waals surface area contributed by atoms with Gasteiger partial charge in [0.1, 0.15) is 13.2 Å². The lowest BCUT2D eigenvalue weighted by Gasteiger charge is -2.17. The number of hydrogen-bond donors (Lipinski definition) is 1. The van der Waals surface area contributed by atoms with Gasteiger partial charge in [-0.15, -0.1) is 5.10 Å². The van der Waals surface area contributed by atoms with Gasteiger partial charge in [-0.3, -0.25) is 4.90 Å². The molecule has 0 radical (unpaired) electrons. The van der Waals surface area contributed by atoms with Crippen LogP contribution in [-0.2, 0) is 6.61 Å². The summed E-state index contributed by atoms with van der Waals surface area (Å²) in [6, 6.07) is 6.28. The molecule has 0 fully saturated rings. The van der Waals surface area contributed by atoms with Crippen LogP contribution in [-0.4, -0.2) is 59.8 Å². The number of nitrogens with zero attached hydrogens (tertiary/aromatic N) is 4. The second-order valence-electron chi connectivity index (χ2n) is 6.38. The highest BCUT2D eigenvalue weighted by Gasteiger charge is 2.35. The van der Waals surface area contributed by atoms with E-state index in [0.717, 1.165) is 10.7 Å².